The number of halogens is 4. The van der Waals surface area contributed by atoms with E-state index in [9.17, 15) is 4.39 Å². The predicted molar refractivity (Wildman–Crippen MR) is 95.5 cm³/mol. The molecule has 5 heteroatoms. The maximum Gasteiger partial charge on any atom is 0.129 e. The van der Waals surface area contributed by atoms with Gasteiger partial charge >= 0.3 is 0 Å². The largest absolute Gasteiger partial charge is 0.207 e. The van der Waals surface area contributed by atoms with Crippen molar-refractivity contribution in [3.8, 4) is 0 Å². The molecule has 0 fully saturated rings. The zero-order chi connectivity index (χ0) is 15.0. The Morgan fingerprint density at radius 1 is 1.14 bits per heavy atom. The molecule has 0 radical (unpaired) electrons. The van der Waals surface area contributed by atoms with Gasteiger partial charge < -0.3 is 0 Å². The number of fused-ring (bicyclic) bond motifs is 1. The molecule has 1 unspecified atom stereocenters. The van der Waals surface area contributed by atoms with Crippen molar-refractivity contribution in [2.24, 2.45) is 0 Å². The average molecular weight is 453 g/mol. The van der Waals surface area contributed by atoms with Crippen molar-refractivity contribution >= 4 is 54.8 Å². The number of aryl methyl sites for hydroxylation is 2. The van der Waals surface area contributed by atoms with Crippen molar-refractivity contribution in [2.75, 3.05) is 0 Å². The van der Waals surface area contributed by atoms with Crippen LogP contribution in [0.5, 0.6) is 0 Å². The average Bonchev–Trinajstić information content (AvgIpc) is 2.73. The van der Waals surface area contributed by atoms with Gasteiger partial charge in [-0.15, -0.1) is 11.3 Å². The Morgan fingerprint density at radius 3 is 2.71 bits per heavy atom. The van der Waals surface area contributed by atoms with Crippen LogP contribution >= 0.6 is 54.8 Å². The fraction of sp³-hybridized carbons (Fsp3) is 0.375. The van der Waals surface area contributed by atoms with Crippen molar-refractivity contribution in [3.63, 3.8) is 0 Å². The van der Waals surface area contributed by atoms with Crippen molar-refractivity contribution < 1.29 is 4.39 Å². The second-order valence-electron chi connectivity index (χ2n) is 5.31. The Bertz CT molecular complexity index is 645. The fourth-order valence-electron chi connectivity index (χ4n) is 2.70. The zero-order valence-electron chi connectivity index (χ0n) is 11.3. The monoisotopic (exact) mass is 450 g/mol. The molecule has 0 saturated heterocycles. The van der Waals surface area contributed by atoms with Gasteiger partial charge in [0.2, 0.25) is 0 Å². The summed E-state index contributed by atoms with van der Waals surface area (Å²) in [5.41, 5.74) is 2.04. The molecular weight excluding hydrogens is 439 g/mol. The first-order chi connectivity index (χ1) is 10.1. The molecule has 0 saturated carbocycles. The van der Waals surface area contributed by atoms with E-state index >= 15 is 0 Å². The Kier molecular flexibility index (Phi) is 5.09. The molecule has 21 heavy (non-hydrogen) atoms. The van der Waals surface area contributed by atoms with Crippen molar-refractivity contribution in [1.29, 1.82) is 0 Å². The third-order valence-electron chi connectivity index (χ3n) is 3.83. The van der Waals surface area contributed by atoms with Gasteiger partial charge in [0.1, 0.15) is 5.82 Å². The molecule has 0 spiro atoms. The predicted octanol–water partition coefficient (Wildman–Crippen LogP) is 7.06. The second-order valence-corrected chi connectivity index (χ2v) is 8.65. The van der Waals surface area contributed by atoms with Crippen LogP contribution in [0.4, 0.5) is 4.39 Å². The van der Waals surface area contributed by atoms with Gasteiger partial charge in [0.15, 0.2) is 0 Å². The van der Waals surface area contributed by atoms with Crippen LogP contribution in [-0.2, 0) is 12.8 Å². The summed E-state index contributed by atoms with van der Waals surface area (Å²) >= 11 is 14.8. The molecular formula is C16H14Br2ClFS. The first-order valence-electron chi connectivity index (χ1n) is 6.96. The molecule has 0 amide bonds. The van der Waals surface area contributed by atoms with Gasteiger partial charge in [-0.1, -0.05) is 34.0 Å². The third-order valence-corrected chi connectivity index (χ3v) is 7.62. The summed E-state index contributed by atoms with van der Waals surface area (Å²) in [6.45, 7) is 0. The Hall–Kier alpha value is 0.1000. The zero-order valence-corrected chi connectivity index (χ0v) is 16.0. The lowest BCUT2D eigenvalue weighted by molar-refractivity contribution is 0.613. The lowest BCUT2D eigenvalue weighted by Gasteiger charge is -2.11. The van der Waals surface area contributed by atoms with E-state index in [2.05, 4.69) is 37.9 Å². The van der Waals surface area contributed by atoms with Crippen LogP contribution in [-0.4, -0.2) is 0 Å². The lowest BCUT2D eigenvalue weighted by atomic mass is 10.1. The van der Waals surface area contributed by atoms with Crippen LogP contribution < -0.4 is 0 Å². The van der Waals surface area contributed by atoms with E-state index in [1.54, 1.807) is 17.4 Å². The summed E-state index contributed by atoms with van der Waals surface area (Å²) < 4.78 is 14.8. The van der Waals surface area contributed by atoms with E-state index < -0.39 is 0 Å². The minimum Gasteiger partial charge on any atom is -0.207 e. The number of hydrogen-bond donors (Lipinski definition) is 0. The van der Waals surface area contributed by atoms with Crippen LogP contribution in [0.25, 0.3) is 0 Å². The molecule has 2 aromatic rings. The summed E-state index contributed by atoms with van der Waals surface area (Å²) in [6, 6.07) is 5.37. The number of hydrogen-bond acceptors (Lipinski definition) is 1. The normalized spacial score (nSPS) is 16.4. The Balaban J connectivity index is 1.95. The van der Waals surface area contributed by atoms with E-state index in [1.807, 2.05) is 0 Å². The first kappa shape index (κ1) is 16.0. The van der Waals surface area contributed by atoms with E-state index in [1.165, 1.54) is 40.6 Å². The second kappa shape index (κ2) is 6.69. The number of alkyl halides is 1. The maximum absolute atomic E-state index is 14.2. The minimum absolute atomic E-state index is 0.139. The summed E-state index contributed by atoms with van der Waals surface area (Å²) in [5.74, 6) is -0.239. The molecule has 3 rings (SSSR count). The van der Waals surface area contributed by atoms with Gasteiger partial charge in [-0.25, -0.2) is 4.39 Å². The summed E-state index contributed by atoms with van der Waals surface area (Å²) in [7, 11) is 0. The van der Waals surface area contributed by atoms with Crippen molar-refractivity contribution in [2.45, 2.75) is 36.9 Å². The maximum atomic E-state index is 14.2. The van der Waals surface area contributed by atoms with Gasteiger partial charge in [-0.05, 0) is 65.4 Å². The smallest absolute Gasteiger partial charge is 0.129 e. The highest BCUT2D eigenvalue weighted by molar-refractivity contribution is 9.10. The highest BCUT2D eigenvalue weighted by Crippen LogP contribution is 2.41. The molecule has 0 nitrogen and oxygen atoms in total. The summed E-state index contributed by atoms with van der Waals surface area (Å²) in [5, 5.41) is 0.536. The Morgan fingerprint density at radius 2 is 1.90 bits per heavy atom. The van der Waals surface area contributed by atoms with E-state index in [-0.39, 0.29) is 10.6 Å². The van der Waals surface area contributed by atoms with Gasteiger partial charge in [0.05, 0.1) is 9.85 Å². The number of thiophene rings is 1. The standard InChI is InChI=1S/C16H14Br2ClFS/c17-11-8-13(20)10(7-12(11)19)16(18)15-6-9-4-2-1-3-5-14(9)21-15/h6-8,16H,1-5H2. The van der Waals surface area contributed by atoms with Crippen LogP contribution in [0.1, 0.15) is 45.0 Å². The summed E-state index contributed by atoms with van der Waals surface area (Å²) in [6.07, 6.45) is 6.14. The topological polar surface area (TPSA) is 0 Å². The SMILES string of the molecule is Fc1cc(Br)c(Cl)cc1C(Br)c1cc2c(s1)CCCCC2. The minimum atomic E-state index is -0.239. The number of rotatable bonds is 2. The molecule has 1 atom stereocenters. The highest BCUT2D eigenvalue weighted by Gasteiger charge is 2.21. The van der Waals surface area contributed by atoms with E-state index in [0.717, 1.165) is 12.8 Å². The molecule has 0 aliphatic heterocycles. The molecule has 1 aromatic heterocycles. The molecule has 0 bridgehead atoms. The molecule has 1 aliphatic carbocycles. The molecule has 1 aliphatic rings. The van der Waals surface area contributed by atoms with Crippen LogP contribution in [0.15, 0.2) is 22.7 Å². The van der Waals surface area contributed by atoms with Crippen LogP contribution in [0.3, 0.4) is 0 Å². The van der Waals surface area contributed by atoms with E-state index in [4.69, 9.17) is 11.6 Å². The van der Waals surface area contributed by atoms with E-state index in [0.29, 0.717) is 15.1 Å². The van der Waals surface area contributed by atoms with Crippen LogP contribution in [0, 0.1) is 5.82 Å². The number of benzene rings is 1. The third kappa shape index (κ3) is 3.39. The fourth-order valence-corrected chi connectivity index (χ4v) is 5.21. The molecule has 1 aromatic carbocycles. The molecule has 0 N–H and O–H groups in total. The van der Waals surface area contributed by atoms with Crippen LogP contribution in [0.2, 0.25) is 5.02 Å². The first-order valence-corrected chi connectivity index (χ1v) is 9.86. The van der Waals surface area contributed by atoms with Gasteiger partial charge in [-0.2, -0.15) is 0 Å². The van der Waals surface area contributed by atoms with Gasteiger partial charge in [0, 0.05) is 19.8 Å². The molecule has 112 valence electrons. The quantitative estimate of drug-likeness (QED) is 0.260. The highest BCUT2D eigenvalue weighted by atomic mass is 79.9. The lowest BCUT2D eigenvalue weighted by Crippen LogP contribution is -1.95. The summed E-state index contributed by atoms with van der Waals surface area (Å²) in [4.78, 5) is 2.50. The molecule has 1 heterocycles. The van der Waals surface area contributed by atoms with Crippen molar-refractivity contribution in [1.82, 2.24) is 0 Å². The Labute approximate surface area is 150 Å². The van der Waals surface area contributed by atoms with Crippen molar-refractivity contribution in [3.05, 3.63) is 54.4 Å². The van der Waals surface area contributed by atoms with Gasteiger partial charge in [0.25, 0.3) is 0 Å². The van der Waals surface area contributed by atoms with Gasteiger partial charge in [-0.3, -0.25) is 0 Å².